The Hall–Kier alpha value is -1.80. The number of amides is 1. The van der Waals surface area contributed by atoms with E-state index >= 15 is 0 Å². The van der Waals surface area contributed by atoms with Crippen molar-refractivity contribution in [3.63, 3.8) is 0 Å². The third-order valence-electron chi connectivity index (χ3n) is 3.79. The molecular weight excluding hydrogens is 386 g/mol. The van der Waals surface area contributed by atoms with E-state index in [9.17, 15) is 4.79 Å². The number of anilines is 2. The number of nitrogens with zero attached hydrogens (tertiary/aromatic N) is 4. The first-order valence-corrected chi connectivity index (χ1v) is 8.24. The van der Waals surface area contributed by atoms with Crippen molar-refractivity contribution in [2.24, 2.45) is 0 Å². The Balaban J connectivity index is 2.02. The van der Waals surface area contributed by atoms with Gasteiger partial charge in [-0.05, 0) is 28.1 Å². The van der Waals surface area contributed by atoms with Gasteiger partial charge in [0.2, 0.25) is 5.95 Å². The molecule has 1 aliphatic rings. The van der Waals surface area contributed by atoms with E-state index in [1.165, 1.54) is 4.90 Å². The Kier molecular flexibility index (Phi) is 4.45. The van der Waals surface area contributed by atoms with Gasteiger partial charge in [0.05, 0.1) is 10.5 Å². The summed E-state index contributed by atoms with van der Waals surface area (Å²) in [7, 11) is 1.76. The van der Waals surface area contributed by atoms with Crippen molar-refractivity contribution in [2.45, 2.75) is 0 Å². The van der Waals surface area contributed by atoms with Crippen molar-refractivity contribution in [2.75, 3.05) is 43.4 Å². The highest BCUT2D eigenvalue weighted by Gasteiger charge is 2.23. The van der Waals surface area contributed by atoms with Gasteiger partial charge in [0.15, 0.2) is 0 Å². The smallest absolute Gasteiger partial charge is 0.407 e. The van der Waals surface area contributed by atoms with Gasteiger partial charge in [-0.2, -0.15) is 4.98 Å². The summed E-state index contributed by atoms with van der Waals surface area (Å²) in [6.07, 6.45) is -0.889. The van der Waals surface area contributed by atoms with Crippen LogP contribution in [0.2, 0.25) is 5.02 Å². The number of halogens is 2. The van der Waals surface area contributed by atoms with Crippen LogP contribution in [0.25, 0.3) is 10.9 Å². The predicted molar refractivity (Wildman–Crippen MR) is 93.6 cm³/mol. The third kappa shape index (κ3) is 3.13. The van der Waals surface area contributed by atoms with Crippen molar-refractivity contribution in [1.82, 2.24) is 14.9 Å². The van der Waals surface area contributed by atoms with Crippen LogP contribution in [-0.2, 0) is 0 Å². The van der Waals surface area contributed by atoms with E-state index in [2.05, 4.69) is 36.1 Å². The zero-order valence-corrected chi connectivity index (χ0v) is 14.7. The molecule has 0 unspecified atom stereocenters. The summed E-state index contributed by atoms with van der Waals surface area (Å²) in [4.78, 5) is 23.5. The minimum atomic E-state index is -0.889. The first kappa shape index (κ1) is 16.1. The van der Waals surface area contributed by atoms with Crippen LogP contribution in [0.5, 0.6) is 0 Å². The molecule has 2 heterocycles. The molecule has 0 saturated carbocycles. The van der Waals surface area contributed by atoms with E-state index in [0.29, 0.717) is 37.1 Å². The molecule has 0 aliphatic carbocycles. The summed E-state index contributed by atoms with van der Waals surface area (Å²) in [6, 6.07) is 3.69. The summed E-state index contributed by atoms with van der Waals surface area (Å²) in [5, 5.41) is 13.5. The number of piperazine rings is 1. The molecule has 23 heavy (non-hydrogen) atoms. The number of benzene rings is 1. The Morgan fingerprint density at radius 2 is 2.00 bits per heavy atom. The summed E-state index contributed by atoms with van der Waals surface area (Å²) in [5.74, 6) is 1.28. The van der Waals surface area contributed by atoms with Crippen molar-refractivity contribution in [1.29, 1.82) is 0 Å². The predicted octanol–water partition coefficient (Wildman–Crippen LogP) is 2.89. The van der Waals surface area contributed by atoms with Crippen molar-refractivity contribution >= 4 is 56.3 Å². The highest BCUT2D eigenvalue weighted by molar-refractivity contribution is 9.10. The average Bonchev–Trinajstić information content (AvgIpc) is 2.55. The van der Waals surface area contributed by atoms with E-state index in [-0.39, 0.29) is 0 Å². The van der Waals surface area contributed by atoms with Crippen molar-refractivity contribution in [3.8, 4) is 0 Å². The van der Waals surface area contributed by atoms with Crippen LogP contribution in [0.15, 0.2) is 16.6 Å². The van der Waals surface area contributed by atoms with Crippen molar-refractivity contribution < 1.29 is 9.90 Å². The minimum absolute atomic E-state index is 0.444. The van der Waals surface area contributed by atoms with E-state index in [1.807, 2.05) is 12.1 Å². The molecule has 0 bridgehead atoms. The van der Waals surface area contributed by atoms with Gasteiger partial charge in [0, 0.05) is 43.1 Å². The molecule has 1 fully saturated rings. The molecular formula is C14H15BrClN5O2. The number of fused-ring (bicyclic) bond motifs is 1. The lowest BCUT2D eigenvalue weighted by atomic mass is 10.2. The zero-order chi connectivity index (χ0) is 16.6. The third-order valence-corrected chi connectivity index (χ3v) is 4.99. The van der Waals surface area contributed by atoms with Gasteiger partial charge in [-0.1, -0.05) is 11.6 Å². The number of carboxylic acid groups (broad SMARTS) is 1. The second-order valence-electron chi connectivity index (χ2n) is 5.16. The van der Waals surface area contributed by atoms with E-state index in [4.69, 9.17) is 16.7 Å². The highest BCUT2D eigenvalue weighted by Crippen LogP contribution is 2.33. The number of rotatable bonds is 2. The first-order chi connectivity index (χ1) is 11.0. The Morgan fingerprint density at radius 1 is 1.30 bits per heavy atom. The maximum Gasteiger partial charge on any atom is 0.407 e. The molecule has 1 aromatic carbocycles. The van der Waals surface area contributed by atoms with Crippen LogP contribution >= 0.6 is 27.5 Å². The summed E-state index contributed by atoms with van der Waals surface area (Å²) >= 11 is 9.62. The van der Waals surface area contributed by atoms with Crippen LogP contribution < -0.4 is 10.2 Å². The monoisotopic (exact) mass is 399 g/mol. The Labute approximate surface area is 146 Å². The molecule has 2 N–H and O–H groups in total. The van der Waals surface area contributed by atoms with Crippen LogP contribution in [0, 0.1) is 0 Å². The standard InChI is InChI=1S/C14H15BrClN5O2/c1-17-13-18-11-7-9(15)10(16)6-8(11)12(19-13)20-2-4-21(5-3-20)14(22)23/h6-7H,2-5H2,1H3,(H,22,23)(H,17,18,19). The number of carbonyl (C=O) groups is 1. The van der Waals surface area contributed by atoms with Crippen LogP contribution in [0.3, 0.4) is 0 Å². The van der Waals surface area contributed by atoms with Gasteiger partial charge < -0.3 is 20.2 Å². The summed E-state index contributed by atoms with van der Waals surface area (Å²) in [6.45, 7) is 2.05. The van der Waals surface area contributed by atoms with Crippen molar-refractivity contribution in [3.05, 3.63) is 21.6 Å². The van der Waals surface area contributed by atoms with E-state index in [0.717, 1.165) is 21.2 Å². The maximum absolute atomic E-state index is 11.0. The van der Waals surface area contributed by atoms with E-state index in [1.54, 1.807) is 7.05 Å². The molecule has 9 heteroatoms. The fourth-order valence-corrected chi connectivity index (χ4v) is 3.06. The molecule has 3 rings (SSSR count). The lowest BCUT2D eigenvalue weighted by molar-refractivity contribution is 0.142. The minimum Gasteiger partial charge on any atom is -0.465 e. The molecule has 122 valence electrons. The van der Waals surface area contributed by atoms with Gasteiger partial charge in [-0.3, -0.25) is 0 Å². The first-order valence-electron chi connectivity index (χ1n) is 7.07. The molecule has 1 amide bonds. The topological polar surface area (TPSA) is 81.6 Å². The fraction of sp³-hybridized carbons (Fsp3) is 0.357. The molecule has 1 saturated heterocycles. The maximum atomic E-state index is 11.0. The summed E-state index contributed by atoms with van der Waals surface area (Å²) < 4.78 is 0.772. The second kappa shape index (κ2) is 6.37. The SMILES string of the molecule is CNc1nc(N2CCN(C(=O)O)CC2)c2cc(Cl)c(Br)cc2n1. The molecule has 7 nitrogen and oxygen atoms in total. The quantitative estimate of drug-likeness (QED) is 0.807. The molecule has 0 radical (unpaired) electrons. The lowest BCUT2D eigenvalue weighted by Crippen LogP contribution is -2.48. The Morgan fingerprint density at radius 3 is 2.61 bits per heavy atom. The fourth-order valence-electron chi connectivity index (χ4n) is 2.57. The average molecular weight is 401 g/mol. The number of nitrogens with one attached hydrogen (secondary N) is 1. The van der Waals surface area contributed by atoms with Gasteiger partial charge in [-0.15, -0.1) is 0 Å². The largest absolute Gasteiger partial charge is 0.465 e. The van der Waals surface area contributed by atoms with E-state index < -0.39 is 6.09 Å². The highest BCUT2D eigenvalue weighted by atomic mass is 79.9. The number of hydrogen-bond donors (Lipinski definition) is 2. The van der Waals surface area contributed by atoms with Gasteiger partial charge in [-0.25, -0.2) is 9.78 Å². The molecule has 1 aromatic heterocycles. The second-order valence-corrected chi connectivity index (χ2v) is 6.42. The summed E-state index contributed by atoms with van der Waals surface area (Å²) in [5.41, 5.74) is 0.774. The van der Waals surface area contributed by atoms with Crippen LogP contribution in [0.1, 0.15) is 0 Å². The Bertz CT molecular complexity index is 764. The molecule has 0 spiro atoms. The van der Waals surface area contributed by atoms with Gasteiger partial charge >= 0.3 is 6.09 Å². The zero-order valence-electron chi connectivity index (χ0n) is 12.4. The normalized spacial score (nSPS) is 15.1. The molecule has 1 aliphatic heterocycles. The number of hydrogen-bond acceptors (Lipinski definition) is 5. The lowest BCUT2D eigenvalue weighted by Gasteiger charge is -2.34. The van der Waals surface area contributed by atoms with Gasteiger partial charge in [0.1, 0.15) is 5.82 Å². The van der Waals surface area contributed by atoms with Crippen LogP contribution in [0.4, 0.5) is 16.6 Å². The molecule has 2 aromatic rings. The van der Waals surface area contributed by atoms with Gasteiger partial charge in [0.25, 0.3) is 0 Å². The number of aromatic nitrogens is 2. The van der Waals surface area contributed by atoms with Crippen LogP contribution in [-0.4, -0.2) is 59.3 Å². The molecule has 0 atom stereocenters.